The second kappa shape index (κ2) is 6.60. The summed E-state index contributed by atoms with van der Waals surface area (Å²) in [5, 5.41) is 16.8. The quantitative estimate of drug-likeness (QED) is 0.924. The molecule has 7 nitrogen and oxygen atoms in total. The van der Waals surface area contributed by atoms with Crippen molar-refractivity contribution in [1.29, 1.82) is 0 Å². The van der Waals surface area contributed by atoms with Crippen LogP contribution in [0.4, 0.5) is 0 Å². The van der Waals surface area contributed by atoms with Crippen LogP contribution in [-0.2, 0) is 6.54 Å². The molecule has 23 heavy (non-hydrogen) atoms. The van der Waals surface area contributed by atoms with Crippen LogP contribution >= 0.6 is 0 Å². The van der Waals surface area contributed by atoms with Gasteiger partial charge in [-0.3, -0.25) is 9.48 Å². The molecule has 1 aromatic heterocycles. The minimum absolute atomic E-state index is 0.114. The molecule has 0 spiro atoms. The summed E-state index contributed by atoms with van der Waals surface area (Å²) >= 11 is 0. The van der Waals surface area contributed by atoms with E-state index in [0.717, 1.165) is 19.4 Å². The van der Waals surface area contributed by atoms with E-state index in [2.05, 4.69) is 10.3 Å². The molecule has 0 radical (unpaired) electrons. The standard InChI is InChI=1S/C16H18N4O3/c21-15(13-4-1-5-14(9-13)16(22)23)19-7-2-3-12(10-19)11-20-8-6-17-18-20/h1,4-6,8-9,12H,2-3,7,10-11H2,(H,22,23). The number of aromatic nitrogens is 3. The van der Waals surface area contributed by atoms with Gasteiger partial charge in [0.25, 0.3) is 5.91 Å². The number of aromatic carboxylic acids is 1. The number of likely N-dealkylation sites (tertiary alicyclic amines) is 1. The Hall–Kier alpha value is -2.70. The molecule has 1 aliphatic heterocycles. The molecule has 1 amide bonds. The fourth-order valence-corrected chi connectivity index (χ4v) is 2.96. The van der Waals surface area contributed by atoms with E-state index in [-0.39, 0.29) is 11.5 Å². The Labute approximate surface area is 133 Å². The smallest absolute Gasteiger partial charge is 0.335 e. The van der Waals surface area contributed by atoms with Crippen LogP contribution in [0.15, 0.2) is 36.7 Å². The van der Waals surface area contributed by atoms with Gasteiger partial charge < -0.3 is 10.0 Å². The van der Waals surface area contributed by atoms with Crippen LogP contribution in [0, 0.1) is 5.92 Å². The number of amides is 1. The second-order valence-corrected chi connectivity index (χ2v) is 5.77. The number of piperidine rings is 1. The summed E-state index contributed by atoms with van der Waals surface area (Å²) in [6, 6.07) is 6.19. The van der Waals surface area contributed by atoms with E-state index in [1.807, 2.05) is 6.20 Å². The lowest BCUT2D eigenvalue weighted by atomic mass is 9.97. The molecule has 0 saturated carbocycles. The van der Waals surface area contributed by atoms with Crippen LogP contribution < -0.4 is 0 Å². The van der Waals surface area contributed by atoms with Gasteiger partial charge in [0.15, 0.2) is 0 Å². The zero-order chi connectivity index (χ0) is 16.2. The molecule has 120 valence electrons. The van der Waals surface area contributed by atoms with Crippen molar-refractivity contribution >= 4 is 11.9 Å². The van der Waals surface area contributed by atoms with Gasteiger partial charge in [0.1, 0.15) is 0 Å². The average Bonchev–Trinajstić information content (AvgIpc) is 3.07. The first-order valence-corrected chi connectivity index (χ1v) is 7.60. The fourth-order valence-electron chi connectivity index (χ4n) is 2.96. The Morgan fingerprint density at radius 1 is 1.30 bits per heavy atom. The van der Waals surface area contributed by atoms with E-state index >= 15 is 0 Å². The SMILES string of the molecule is O=C(O)c1cccc(C(=O)N2CCCC(Cn3ccnn3)C2)c1. The summed E-state index contributed by atoms with van der Waals surface area (Å²) in [4.78, 5) is 25.5. The summed E-state index contributed by atoms with van der Waals surface area (Å²) in [6.45, 7) is 2.08. The molecule has 1 N–H and O–H groups in total. The Morgan fingerprint density at radius 2 is 2.13 bits per heavy atom. The number of rotatable bonds is 4. The minimum atomic E-state index is -1.03. The Balaban J connectivity index is 1.69. The normalized spacial score (nSPS) is 17.9. The third-order valence-electron chi connectivity index (χ3n) is 4.08. The monoisotopic (exact) mass is 314 g/mol. The van der Waals surface area contributed by atoms with Crippen molar-refractivity contribution in [2.75, 3.05) is 13.1 Å². The van der Waals surface area contributed by atoms with Crippen LogP contribution in [0.25, 0.3) is 0 Å². The van der Waals surface area contributed by atoms with Crippen molar-refractivity contribution in [3.63, 3.8) is 0 Å². The first-order valence-electron chi connectivity index (χ1n) is 7.60. The van der Waals surface area contributed by atoms with Crippen molar-refractivity contribution in [2.45, 2.75) is 19.4 Å². The van der Waals surface area contributed by atoms with Crippen LogP contribution in [0.2, 0.25) is 0 Å². The fraction of sp³-hybridized carbons (Fsp3) is 0.375. The van der Waals surface area contributed by atoms with Gasteiger partial charge in [-0.05, 0) is 37.0 Å². The van der Waals surface area contributed by atoms with E-state index in [1.165, 1.54) is 12.1 Å². The Kier molecular flexibility index (Phi) is 4.36. The zero-order valence-electron chi connectivity index (χ0n) is 12.6. The maximum atomic E-state index is 12.6. The van der Waals surface area contributed by atoms with Crippen LogP contribution in [0.1, 0.15) is 33.6 Å². The van der Waals surface area contributed by atoms with Gasteiger partial charge >= 0.3 is 5.97 Å². The van der Waals surface area contributed by atoms with Gasteiger partial charge in [0.2, 0.25) is 0 Å². The highest BCUT2D eigenvalue weighted by atomic mass is 16.4. The van der Waals surface area contributed by atoms with Crippen molar-refractivity contribution in [1.82, 2.24) is 19.9 Å². The lowest BCUT2D eigenvalue weighted by Crippen LogP contribution is -2.41. The number of carbonyl (C=O) groups is 2. The summed E-state index contributed by atoms with van der Waals surface area (Å²) in [7, 11) is 0. The van der Waals surface area contributed by atoms with Crippen LogP contribution in [0.3, 0.4) is 0 Å². The predicted octanol–water partition coefficient (Wildman–Crippen LogP) is 1.53. The van der Waals surface area contributed by atoms with Crippen molar-refractivity contribution < 1.29 is 14.7 Å². The van der Waals surface area contributed by atoms with Gasteiger partial charge in [-0.1, -0.05) is 11.3 Å². The highest BCUT2D eigenvalue weighted by molar-refractivity contribution is 5.97. The lowest BCUT2D eigenvalue weighted by Gasteiger charge is -2.32. The number of carboxylic acids is 1. The van der Waals surface area contributed by atoms with Gasteiger partial charge in [-0.15, -0.1) is 5.10 Å². The van der Waals surface area contributed by atoms with Crippen molar-refractivity contribution in [2.24, 2.45) is 5.92 Å². The molecule has 1 aliphatic rings. The molecule has 1 unspecified atom stereocenters. The van der Waals surface area contributed by atoms with Crippen LogP contribution in [0.5, 0.6) is 0 Å². The molecule has 7 heteroatoms. The molecule has 1 fully saturated rings. The zero-order valence-corrected chi connectivity index (χ0v) is 12.6. The molecule has 1 atom stereocenters. The number of hydrogen-bond donors (Lipinski definition) is 1. The largest absolute Gasteiger partial charge is 0.478 e. The third-order valence-corrected chi connectivity index (χ3v) is 4.08. The Morgan fingerprint density at radius 3 is 2.87 bits per heavy atom. The van der Waals surface area contributed by atoms with Gasteiger partial charge in [-0.2, -0.15) is 0 Å². The summed E-state index contributed by atoms with van der Waals surface area (Å²) in [5.74, 6) is -0.809. The number of benzene rings is 1. The van der Waals surface area contributed by atoms with Crippen molar-refractivity contribution in [3.8, 4) is 0 Å². The first kappa shape index (κ1) is 15.2. The first-order chi connectivity index (χ1) is 11.1. The van der Waals surface area contributed by atoms with E-state index in [1.54, 1.807) is 27.9 Å². The van der Waals surface area contributed by atoms with Crippen LogP contribution in [-0.4, -0.2) is 50.0 Å². The van der Waals surface area contributed by atoms with Gasteiger partial charge in [0.05, 0.1) is 11.8 Å². The van der Waals surface area contributed by atoms with Crippen molar-refractivity contribution in [3.05, 3.63) is 47.8 Å². The molecule has 0 aliphatic carbocycles. The van der Waals surface area contributed by atoms with E-state index in [0.29, 0.717) is 24.6 Å². The maximum absolute atomic E-state index is 12.6. The highest BCUT2D eigenvalue weighted by Crippen LogP contribution is 2.20. The molecule has 2 aromatic rings. The van der Waals surface area contributed by atoms with Gasteiger partial charge in [-0.25, -0.2) is 4.79 Å². The third kappa shape index (κ3) is 3.56. The van der Waals surface area contributed by atoms with E-state index in [9.17, 15) is 9.59 Å². The molecular weight excluding hydrogens is 296 g/mol. The number of carboxylic acid groups (broad SMARTS) is 1. The predicted molar refractivity (Wildman–Crippen MR) is 82.1 cm³/mol. The van der Waals surface area contributed by atoms with E-state index < -0.39 is 5.97 Å². The molecule has 3 rings (SSSR count). The molecular formula is C16H18N4O3. The summed E-state index contributed by atoms with van der Waals surface area (Å²) in [6.07, 6.45) is 5.43. The number of carbonyl (C=O) groups excluding carboxylic acids is 1. The topological polar surface area (TPSA) is 88.3 Å². The Bertz CT molecular complexity index is 699. The summed E-state index contributed by atoms with van der Waals surface area (Å²) < 4.78 is 1.78. The summed E-state index contributed by atoms with van der Waals surface area (Å²) in [5.41, 5.74) is 0.554. The highest BCUT2D eigenvalue weighted by Gasteiger charge is 2.25. The van der Waals surface area contributed by atoms with E-state index in [4.69, 9.17) is 5.11 Å². The second-order valence-electron chi connectivity index (χ2n) is 5.77. The molecule has 0 bridgehead atoms. The van der Waals surface area contributed by atoms with Gasteiger partial charge in [0, 0.05) is 31.4 Å². The number of nitrogens with zero attached hydrogens (tertiary/aromatic N) is 4. The minimum Gasteiger partial charge on any atom is -0.478 e. The maximum Gasteiger partial charge on any atom is 0.335 e. The molecule has 2 heterocycles. The molecule has 1 aromatic carbocycles. The lowest BCUT2D eigenvalue weighted by molar-refractivity contribution is 0.0659. The molecule has 1 saturated heterocycles. The number of hydrogen-bond acceptors (Lipinski definition) is 4. The average molecular weight is 314 g/mol.